The van der Waals surface area contributed by atoms with Crippen molar-refractivity contribution in [2.75, 3.05) is 26.4 Å². The van der Waals surface area contributed by atoms with Crippen molar-refractivity contribution < 1.29 is 33.1 Å². The highest BCUT2D eigenvalue weighted by atomic mass is 31.2. The maximum absolute atomic E-state index is 11.2. The molecule has 0 saturated heterocycles. The predicted octanol–water partition coefficient (Wildman–Crippen LogP) is 0.173. The van der Waals surface area contributed by atoms with Gasteiger partial charge in [0.15, 0.2) is 0 Å². The summed E-state index contributed by atoms with van der Waals surface area (Å²) in [6.07, 6.45) is 0.673. The van der Waals surface area contributed by atoms with Crippen LogP contribution in [-0.2, 0) is 23.1 Å². The standard InChI is InChI=1S/C10H22NO7P/c1-2-3-4-10(13)16-7-9(12)8-18-19(14,15)17-6-5-11/h9,12H,2-8,11H2,1H3,(H,14,15). The molecule has 0 aromatic rings. The molecule has 2 unspecified atom stereocenters. The van der Waals surface area contributed by atoms with Gasteiger partial charge in [0.2, 0.25) is 0 Å². The first kappa shape index (κ1) is 18.5. The Hall–Kier alpha value is -0.500. The SMILES string of the molecule is CCCCC(=O)OCC(O)COP(=O)(O)OCCN. The largest absolute Gasteiger partial charge is 0.472 e. The van der Waals surface area contributed by atoms with Crippen LogP contribution in [-0.4, -0.2) is 48.4 Å². The Morgan fingerprint density at radius 1 is 1.37 bits per heavy atom. The fraction of sp³-hybridized carbons (Fsp3) is 0.900. The topological polar surface area (TPSA) is 128 Å². The second kappa shape index (κ2) is 10.3. The van der Waals surface area contributed by atoms with Crippen molar-refractivity contribution in [3.8, 4) is 0 Å². The highest BCUT2D eigenvalue weighted by Crippen LogP contribution is 2.42. The van der Waals surface area contributed by atoms with E-state index in [1.54, 1.807) is 0 Å². The van der Waals surface area contributed by atoms with E-state index >= 15 is 0 Å². The first-order valence-electron chi connectivity index (χ1n) is 6.07. The summed E-state index contributed by atoms with van der Waals surface area (Å²) in [6.45, 7) is 1.12. The lowest BCUT2D eigenvalue weighted by Crippen LogP contribution is -2.23. The Morgan fingerprint density at radius 3 is 2.63 bits per heavy atom. The second-order valence-corrected chi connectivity index (χ2v) is 5.28. The molecular weight excluding hydrogens is 277 g/mol. The first-order valence-corrected chi connectivity index (χ1v) is 7.56. The molecule has 0 aliphatic heterocycles. The van der Waals surface area contributed by atoms with Gasteiger partial charge in [-0.2, -0.15) is 0 Å². The van der Waals surface area contributed by atoms with Gasteiger partial charge in [0.1, 0.15) is 12.7 Å². The molecule has 0 rings (SSSR count). The number of unbranched alkanes of at least 4 members (excludes halogenated alkanes) is 1. The van der Waals surface area contributed by atoms with Gasteiger partial charge in [-0.15, -0.1) is 0 Å². The number of rotatable bonds is 11. The predicted molar refractivity (Wildman–Crippen MR) is 67.3 cm³/mol. The van der Waals surface area contributed by atoms with Crippen molar-refractivity contribution in [2.24, 2.45) is 5.73 Å². The van der Waals surface area contributed by atoms with Crippen LogP contribution in [0.25, 0.3) is 0 Å². The van der Waals surface area contributed by atoms with Crippen molar-refractivity contribution in [3.63, 3.8) is 0 Å². The molecule has 0 amide bonds. The Morgan fingerprint density at radius 2 is 2.05 bits per heavy atom. The van der Waals surface area contributed by atoms with E-state index in [9.17, 15) is 14.5 Å². The summed E-state index contributed by atoms with van der Waals surface area (Å²) in [5.41, 5.74) is 5.09. The third-order valence-corrected chi connectivity index (χ3v) is 2.96. The fourth-order valence-corrected chi connectivity index (χ4v) is 1.79. The van der Waals surface area contributed by atoms with Crippen LogP contribution in [0.4, 0.5) is 0 Å². The number of carbonyl (C=O) groups excluding carboxylic acids is 1. The summed E-state index contributed by atoms with van der Waals surface area (Å²) in [7, 11) is -4.21. The smallest absolute Gasteiger partial charge is 0.463 e. The van der Waals surface area contributed by atoms with Crippen LogP contribution in [0.15, 0.2) is 0 Å². The normalized spacial score (nSPS) is 15.8. The van der Waals surface area contributed by atoms with E-state index < -0.39 is 26.5 Å². The Labute approximate surface area is 112 Å². The van der Waals surface area contributed by atoms with Crippen molar-refractivity contribution in [3.05, 3.63) is 0 Å². The van der Waals surface area contributed by atoms with Crippen LogP contribution in [0.3, 0.4) is 0 Å². The summed E-state index contributed by atoms with van der Waals surface area (Å²) in [5.74, 6) is -0.424. The molecule has 4 N–H and O–H groups in total. The lowest BCUT2D eigenvalue weighted by molar-refractivity contribution is -0.147. The molecule has 0 heterocycles. The highest BCUT2D eigenvalue weighted by molar-refractivity contribution is 7.47. The molecule has 0 aliphatic rings. The van der Waals surface area contributed by atoms with Crippen molar-refractivity contribution in [1.82, 2.24) is 0 Å². The van der Waals surface area contributed by atoms with Crippen molar-refractivity contribution in [1.29, 1.82) is 0 Å². The maximum atomic E-state index is 11.2. The van der Waals surface area contributed by atoms with E-state index in [1.165, 1.54) is 0 Å². The quantitative estimate of drug-likeness (QED) is 0.364. The third-order valence-electron chi connectivity index (χ3n) is 1.97. The monoisotopic (exact) mass is 299 g/mol. The van der Waals surface area contributed by atoms with Gasteiger partial charge in [0.25, 0.3) is 0 Å². The summed E-state index contributed by atoms with van der Waals surface area (Å²) in [4.78, 5) is 20.3. The molecule has 0 aliphatic carbocycles. The lowest BCUT2D eigenvalue weighted by Gasteiger charge is -2.15. The number of aliphatic hydroxyl groups excluding tert-OH is 1. The van der Waals surface area contributed by atoms with Crippen molar-refractivity contribution in [2.45, 2.75) is 32.3 Å². The average molecular weight is 299 g/mol. The highest BCUT2D eigenvalue weighted by Gasteiger charge is 2.22. The number of phosphoric acid groups is 1. The number of ether oxygens (including phenoxy) is 1. The van der Waals surface area contributed by atoms with Crippen LogP contribution in [0, 0.1) is 0 Å². The van der Waals surface area contributed by atoms with E-state index in [2.05, 4.69) is 9.05 Å². The molecule has 0 spiro atoms. The molecule has 0 saturated carbocycles. The van der Waals surface area contributed by atoms with Crippen molar-refractivity contribution >= 4 is 13.8 Å². The van der Waals surface area contributed by atoms with Crippen LogP contribution in [0.2, 0.25) is 0 Å². The average Bonchev–Trinajstić information content (AvgIpc) is 2.38. The zero-order valence-electron chi connectivity index (χ0n) is 11.0. The number of hydrogen-bond donors (Lipinski definition) is 3. The number of hydrogen-bond acceptors (Lipinski definition) is 7. The molecule has 0 aromatic heterocycles. The Kier molecular flexibility index (Phi) is 10.0. The zero-order valence-corrected chi connectivity index (χ0v) is 11.9. The molecule has 0 aromatic carbocycles. The van der Waals surface area contributed by atoms with Crippen LogP contribution in [0.5, 0.6) is 0 Å². The summed E-state index contributed by atoms with van der Waals surface area (Å²) < 4.78 is 24.9. The van der Waals surface area contributed by atoms with E-state index in [1.807, 2.05) is 6.92 Å². The Balaban J connectivity index is 3.77. The molecule has 2 atom stereocenters. The van der Waals surface area contributed by atoms with Crippen LogP contribution < -0.4 is 5.73 Å². The number of nitrogens with two attached hydrogens (primary N) is 1. The van der Waals surface area contributed by atoms with Gasteiger partial charge in [-0.25, -0.2) is 4.57 Å². The van der Waals surface area contributed by atoms with Gasteiger partial charge in [-0.1, -0.05) is 13.3 Å². The second-order valence-electron chi connectivity index (χ2n) is 3.83. The number of esters is 1. The first-order chi connectivity index (χ1) is 8.91. The maximum Gasteiger partial charge on any atom is 0.472 e. The number of phosphoric ester groups is 1. The number of carbonyl (C=O) groups is 1. The molecule has 9 heteroatoms. The molecule has 0 fully saturated rings. The van der Waals surface area contributed by atoms with Gasteiger partial charge in [0, 0.05) is 13.0 Å². The summed E-state index contributed by atoms with van der Waals surface area (Å²) >= 11 is 0. The van der Waals surface area contributed by atoms with Gasteiger partial charge in [-0.05, 0) is 6.42 Å². The van der Waals surface area contributed by atoms with Gasteiger partial charge in [0.05, 0.1) is 13.2 Å². The van der Waals surface area contributed by atoms with E-state index in [0.717, 1.165) is 6.42 Å². The van der Waals surface area contributed by atoms with Crippen LogP contribution in [0.1, 0.15) is 26.2 Å². The third kappa shape index (κ3) is 11.1. The minimum atomic E-state index is -4.21. The number of aliphatic hydroxyl groups is 1. The Bertz CT molecular complexity index is 300. The molecule has 19 heavy (non-hydrogen) atoms. The van der Waals surface area contributed by atoms with E-state index in [-0.39, 0.29) is 26.2 Å². The minimum Gasteiger partial charge on any atom is -0.463 e. The fourth-order valence-electron chi connectivity index (χ4n) is 1.02. The minimum absolute atomic E-state index is 0.0749. The zero-order chi connectivity index (χ0) is 14.7. The van der Waals surface area contributed by atoms with E-state index in [4.69, 9.17) is 15.4 Å². The molecule has 114 valence electrons. The van der Waals surface area contributed by atoms with Gasteiger partial charge in [-0.3, -0.25) is 13.8 Å². The van der Waals surface area contributed by atoms with Gasteiger partial charge < -0.3 is 20.5 Å². The lowest BCUT2D eigenvalue weighted by atomic mass is 10.2. The van der Waals surface area contributed by atoms with E-state index in [0.29, 0.717) is 6.42 Å². The molecule has 8 nitrogen and oxygen atoms in total. The van der Waals surface area contributed by atoms with Crippen LogP contribution >= 0.6 is 7.82 Å². The molecule has 0 radical (unpaired) electrons. The summed E-state index contributed by atoms with van der Waals surface area (Å²) in [6, 6.07) is 0. The molecule has 0 bridgehead atoms. The van der Waals surface area contributed by atoms with Gasteiger partial charge >= 0.3 is 13.8 Å². The summed E-state index contributed by atoms with van der Waals surface area (Å²) in [5, 5.41) is 9.40. The molecular formula is C10H22NO7P.